The minimum absolute atomic E-state index is 0.456. The number of carbonyl (C=O) groups excluding carboxylic acids is 1. The number of nitrogens with zero attached hydrogens (tertiary/aromatic N) is 3. The molecule has 0 fully saturated rings. The quantitative estimate of drug-likeness (QED) is 0.674. The normalized spacial score (nSPS) is 10.0. The summed E-state index contributed by atoms with van der Waals surface area (Å²) in [6, 6.07) is 7.64. The topological polar surface area (TPSA) is 47.8 Å². The third-order valence-electron chi connectivity index (χ3n) is 1.94. The highest BCUT2D eigenvalue weighted by Gasteiger charge is 1.96. The van der Waals surface area contributed by atoms with Gasteiger partial charge in [0.05, 0.1) is 5.69 Å². The van der Waals surface area contributed by atoms with E-state index in [1.807, 2.05) is 24.3 Å². The molecule has 0 spiro atoms. The maximum atomic E-state index is 10.3. The van der Waals surface area contributed by atoms with E-state index < -0.39 is 0 Å². The SMILES string of the molecule is O=CCc1ccc(-n2cncn2)cc1. The van der Waals surface area contributed by atoms with E-state index in [-0.39, 0.29) is 0 Å². The van der Waals surface area contributed by atoms with Gasteiger partial charge >= 0.3 is 0 Å². The van der Waals surface area contributed by atoms with Crippen molar-refractivity contribution in [3.8, 4) is 5.69 Å². The Balaban J connectivity index is 2.26. The molecule has 0 aliphatic heterocycles. The van der Waals surface area contributed by atoms with Gasteiger partial charge in [-0.25, -0.2) is 9.67 Å². The Morgan fingerprint density at radius 1 is 1.29 bits per heavy atom. The zero-order valence-corrected chi connectivity index (χ0v) is 7.50. The smallest absolute Gasteiger partial charge is 0.138 e. The van der Waals surface area contributed by atoms with Gasteiger partial charge in [-0.1, -0.05) is 12.1 Å². The molecule has 1 aromatic carbocycles. The summed E-state index contributed by atoms with van der Waals surface area (Å²) in [5.41, 5.74) is 1.95. The highest BCUT2D eigenvalue weighted by Crippen LogP contribution is 2.07. The van der Waals surface area contributed by atoms with Crippen LogP contribution in [0.2, 0.25) is 0 Å². The van der Waals surface area contributed by atoms with Crippen LogP contribution in [0, 0.1) is 0 Å². The maximum absolute atomic E-state index is 10.3. The van der Waals surface area contributed by atoms with Crippen LogP contribution < -0.4 is 0 Å². The Hall–Kier alpha value is -1.97. The second-order valence-electron chi connectivity index (χ2n) is 2.88. The van der Waals surface area contributed by atoms with Crippen LogP contribution in [0.5, 0.6) is 0 Å². The summed E-state index contributed by atoms with van der Waals surface area (Å²) in [6.07, 6.45) is 4.47. The number of hydrogen-bond acceptors (Lipinski definition) is 3. The fraction of sp³-hybridized carbons (Fsp3) is 0.100. The molecule has 4 nitrogen and oxygen atoms in total. The lowest BCUT2D eigenvalue weighted by molar-refractivity contribution is -0.107. The Labute approximate surface area is 81.2 Å². The first-order chi connectivity index (χ1) is 6.90. The van der Waals surface area contributed by atoms with Crippen molar-refractivity contribution in [2.75, 3.05) is 0 Å². The van der Waals surface area contributed by atoms with Gasteiger partial charge < -0.3 is 4.79 Å². The molecule has 2 rings (SSSR count). The first kappa shape index (κ1) is 8.62. The predicted octanol–water partition coefficient (Wildman–Crippen LogP) is 1.01. The van der Waals surface area contributed by atoms with Gasteiger partial charge in [0.2, 0.25) is 0 Å². The van der Waals surface area contributed by atoms with Crippen molar-refractivity contribution in [1.29, 1.82) is 0 Å². The molecule has 0 aliphatic rings. The van der Waals surface area contributed by atoms with Gasteiger partial charge in [-0.05, 0) is 17.7 Å². The number of aromatic nitrogens is 3. The monoisotopic (exact) mass is 187 g/mol. The number of benzene rings is 1. The second kappa shape index (κ2) is 3.83. The van der Waals surface area contributed by atoms with Crippen molar-refractivity contribution in [1.82, 2.24) is 14.8 Å². The number of hydrogen-bond donors (Lipinski definition) is 0. The van der Waals surface area contributed by atoms with Crippen LogP contribution in [0.15, 0.2) is 36.9 Å². The molecule has 1 aromatic heterocycles. The molecule has 1 heterocycles. The minimum Gasteiger partial charge on any atom is -0.303 e. The van der Waals surface area contributed by atoms with Crippen molar-refractivity contribution >= 4 is 6.29 Å². The number of carbonyl (C=O) groups is 1. The summed E-state index contributed by atoms with van der Waals surface area (Å²) in [7, 11) is 0. The fourth-order valence-corrected chi connectivity index (χ4v) is 1.22. The number of aldehydes is 1. The lowest BCUT2D eigenvalue weighted by Gasteiger charge is -2.00. The first-order valence-electron chi connectivity index (χ1n) is 4.28. The van der Waals surface area contributed by atoms with Crippen molar-refractivity contribution < 1.29 is 4.79 Å². The summed E-state index contributed by atoms with van der Waals surface area (Å²) in [4.78, 5) is 14.1. The van der Waals surface area contributed by atoms with Crippen LogP contribution in [-0.2, 0) is 11.2 Å². The molecule has 70 valence electrons. The van der Waals surface area contributed by atoms with E-state index >= 15 is 0 Å². The fourth-order valence-electron chi connectivity index (χ4n) is 1.22. The molecule has 0 radical (unpaired) electrons. The second-order valence-corrected chi connectivity index (χ2v) is 2.88. The molecular weight excluding hydrogens is 178 g/mol. The standard InChI is InChI=1S/C10H9N3O/c14-6-5-9-1-3-10(4-2-9)13-8-11-7-12-13/h1-4,6-8H,5H2. The van der Waals surface area contributed by atoms with Crippen molar-refractivity contribution in [2.24, 2.45) is 0 Å². The molecule has 4 heteroatoms. The lowest BCUT2D eigenvalue weighted by Crippen LogP contribution is -1.94. The summed E-state index contributed by atoms with van der Waals surface area (Å²) in [5.74, 6) is 0. The zero-order valence-electron chi connectivity index (χ0n) is 7.50. The van der Waals surface area contributed by atoms with Crippen LogP contribution in [0.25, 0.3) is 5.69 Å². The van der Waals surface area contributed by atoms with E-state index in [1.54, 1.807) is 11.0 Å². The summed E-state index contributed by atoms with van der Waals surface area (Å²) >= 11 is 0. The van der Waals surface area contributed by atoms with Gasteiger partial charge in [-0.3, -0.25) is 0 Å². The van der Waals surface area contributed by atoms with Crippen LogP contribution in [-0.4, -0.2) is 21.1 Å². The Bertz CT molecular complexity index is 405. The molecule has 0 saturated carbocycles. The van der Waals surface area contributed by atoms with Crippen LogP contribution in [0.4, 0.5) is 0 Å². The Morgan fingerprint density at radius 3 is 2.64 bits per heavy atom. The van der Waals surface area contributed by atoms with Crippen molar-refractivity contribution in [3.63, 3.8) is 0 Å². The summed E-state index contributed by atoms with van der Waals surface area (Å²) < 4.78 is 1.67. The number of rotatable bonds is 3. The van der Waals surface area contributed by atoms with E-state index in [0.717, 1.165) is 17.5 Å². The van der Waals surface area contributed by atoms with Crippen LogP contribution in [0.3, 0.4) is 0 Å². The molecular formula is C10H9N3O. The highest BCUT2D eigenvalue weighted by molar-refractivity contribution is 5.55. The molecule has 0 amide bonds. The van der Waals surface area contributed by atoms with E-state index in [4.69, 9.17) is 0 Å². The van der Waals surface area contributed by atoms with Crippen LogP contribution >= 0.6 is 0 Å². The lowest BCUT2D eigenvalue weighted by atomic mass is 10.1. The van der Waals surface area contributed by atoms with Gasteiger partial charge in [-0.15, -0.1) is 0 Å². The maximum Gasteiger partial charge on any atom is 0.138 e. The third-order valence-corrected chi connectivity index (χ3v) is 1.94. The molecule has 0 saturated heterocycles. The zero-order chi connectivity index (χ0) is 9.80. The molecule has 0 atom stereocenters. The summed E-state index contributed by atoms with van der Waals surface area (Å²) in [6.45, 7) is 0. The first-order valence-corrected chi connectivity index (χ1v) is 4.28. The molecule has 0 aliphatic carbocycles. The third kappa shape index (κ3) is 1.69. The van der Waals surface area contributed by atoms with Crippen molar-refractivity contribution in [2.45, 2.75) is 6.42 Å². The van der Waals surface area contributed by atoms with Crippen molar-refractivity contribution in [3.05, 3.63) is 42.5 Å². The highest BCUT2D eigenvalue weighted by atomic mass is 16.1. The van der Waals surface area contributed by atoms with Gasteiger partial charge in [0.15, 0.2) is 0 Å². The predicted molar refractivity (Wildman–Crippen MR) is 51.1 cm³/mol. The summed E-state index contributed by atoms with van der Waals surface area (Å²) in [5, 5.41) is 4.00. The average molecular weight is 187 g/mol. The Kier molecular flexibility index (Phi) is 2.36. The van der Waals surface area contributed by atoms with Gasteiger partial charge in [0, 0.05) is 6.42 Å². The van der Waals surface area contributed by atoms with E-state index in [0.29, 0.717) is 6.42 Å². The van der Waals surface area contributed by atoms with Gasteiger partial charge in [-0.2, -0.15) is 5.10 Å². The average Bonchev–Trinajstić information content (AvgIpc) is 2.72. The van der Waals surface area contributed by atoms with E-state index in [2.05, 4.69) is 10.1 Å². The van der Waals surface area contributed by atoms with Gasteiger partial charge in [0.25, 0.3) is 0 Å². The van der Waals surface area contributed by atoms with Gasteiger partial charge in [0.1, 0.15) is 18.9 Å². The van der Waals surface area contributed by atoms with E-state index in [9.17, 15) is 4.79 Å². The molecule has 2 aromatic rings. The molecule has 0 unspecified atom stereocenters. The minimum atomic E-state index is 0.456. The Morgan fingerprint density at radius 2 is 2.07 bits per heavy atom. The molecule has 0 N–H and O–H groups in total. The molecule has 14 heavy (non-hydrogen) atoms. The van der Waals surface area contributed by atoms with E-state index in [1.165, 1.54) is 6.33 Å². The largest absolute Gasteiger partial charge is 0.303 e. The van der Waals surface area contributed by atoms with Crippen LogP contribution in [0.1, 0.15) is 5.56 Å². The molecule has 0 bridgehead atoms.